The molecule has 16 nitrogen and oxygen atoms in total. The van der Waals surface area contributed by atoms with Gasteiger partial charge in [-0.25, -0.2) is 9.13 Å². The monoisotopic (exact) mass is 922 g/mol. The van der Waals surface area contributed by atoms with E-state index in [0.29, 0.717) is 12.8 Å². The summed E-state index contributed by atoms with van der Waals surface area (Å²) in [5.74, 6) is -0.227. The lowest BCUT2D eigenvalue weighted by Crippen LogP contribution is -2.64. The number of carbonyl (C=O) groups excluding carboxylic acids is 2. The molecule has 7 N–H and O–H groups in total. The molecule has 1 aliphatic carbocycles. The number of aliphatic hydroxyl groups is 4. The van der Waals surface area contributed by atoms with Gasteiger partial charge in [-0.1, -0.05) is 155 Å². The van der Waals surface area contributed by atoms with Crippen molar-refractivity contribution in [3.63, 3.8) is 0 Å². The highest BCUT2D eigenvalue weighted by Gasteiger charge is 2.54. The summed E-state index contributed by atoms with van der Waals surface area (Å²) in [5, 5.41) is 41.4. The molecule has 19 heteroatoms. The Morgan fingerprint density at radius 3 is 1.25 bits per heavy atom. The van der Waals surface area contributed by atoms with Crippen LogP contribution in [-0.4, -0.2) is 109 Å². The van der Waals surface area contributed by atoms with Crippen LogP contribution in [0.4, 0.5) is 0 Å². The maximum Gasteiger partial charge on any atom is 0.472 e. The van der Waals surface area contributed by atoms with Crippen molar-refractivity contribution in [1.29, 1.82) is 0 Å². The SMILES string of the molecule is CCCCCCCCCCCCCCCC(=O)O[C@@H](COC(=O)CCCCCCCCCCCCCCCS)COP(=O)(O)OC1C(O)[C@@H](O)C(OP(=O)(O)O)[C@@H](O)[C@H]1O. The third-order valence-electron chi connectivity index (χ3n) is 10.7. The van der Waals surface area contributed by atoms with Crippen LogP contribution in [0.5, 0.6) is 0 Å². The number of esters is 2. The molecule has 0 aromatic carbocycles. The maximum atomic E-state index is 12.9. The third-order valence-corrected chi connectivity index (χ3v) is 12.6. The van der Waals surface area contributed by atoms with Crippen LogP contribution in [0.25, 0.3) is 0 Å². The molecule has 0 saturated heterocycles. The fourth-order valence-electron chi connectivity index (χ4n) is 7.18. The van der Waals surface area contributed by atoms with Crippen LogP contribution in [0.2, 0.25) is 0 Å². The van der Waals surface area contributed by atoms with Crippen LogP contribution in [0.15, 0.2) is 0 Å². The van der Waals surface area contributed by atoms with Gasteiger partial charge in [-0.2, -0.15) is 12.6 Å². The molecule has 356 valence electrons. The minimum absolute atomic E-state index is 0.0558. The van der Waals surface area contributed by atoms with Gasteiger partial charge in [0.2, 0.25) is 0 Å². The van der Waals surface area contributed by atoms with Gasteiger partial charge in [-0.3, -0.25) is 23.2 Å². The number of hydrogen-bond acceptors (Lipinski definition) is 14. The van der Waals surface area contributed by atoms with Crippen molar-refractivity contribution in [3.8, 4) is 0 Å². The predicted octanol–water partition coefficient (Wildman–Crippen LogP) is 7.75. The van der Waals surface area contributed by atoms with Crippen LogP contribution < -0.4 is 0 Å². The lowest BCUT2D eigenvalue weighted by molar-refractivity contribution is -0.216. The molecule has 60 heavy (non-hydrogen) atoms. The molecule has 1 saturated carbocycles. The zero-order chi connectivity index (χ0) is 44.7. The number of unbranched alkanes of at least 4 members (excludes halogenated alkanes) is 24. The number of hydrogen-bond donors (Lipinski definition) is 8. The highest BCUT2D eigenvalue weighted by molar-refractivity contribution is 7.80. The van der Waals surface area contributed by atoms with Gasteiger partial charge < -0.3 is 44.6 Å². The summed E-state index contributed by atoms with van der Waals surface area (Å²) >= 11 is 4.25. The Morgan fingerprint density at radius 1 is 0.517 bits per heavy atom. The number of phosphoric ester groups is 2. The smallest absolute Gasteiger partial charge is 0.462 e. The van der Waals surface area contributed by atoms with Crippen LogP contribution >= 0.6 is 28.3 Å². The van der Waals surface area contributed by atoms with Crippen molar-refractivity contribution in [3.05, 3.63) is 0 Å². The zero-order valence-electron chi connectivity index (χ0n) is 36.1. The quantitative estimate of drug-likeness (QED) is 0.0127. The Kier molecular flexibility index (Phi) is 33.2. The Morgan fingerprint density at radius 2 is 0.867 bits per heavy atom. The van der Waals surface area contributed by atoms with E-state index in [9.17, 15) is 44.0 Å². The van der Waals surface area contributed by atoms with Crippen molar-refractivity contribution < 1.29 is 76.9 Å². The average Bonchev–Trinajstić information content (AvgIpc) is 3.20. The van der Waals surface area contributed by atoms with Gasteiger partial charge >= 0.3 is 27.6 Å². The van der Waals surface area contributed by atoms with Crippen LogP contribution in [0.1, 0.15) is 187 Å². The first kappa shape index (κ1) is 57.4. The van der Waals surface area contributed by atoms with Crippen molar-refractivity contribution in [1.82, 2.24) is 0 Å². The van der Waals surface area contributed by atoms with E-state index in [1.54, 1.807) is 0 Å². The number of aliphatic hydroxyl groups excluding tert-OH is 4. The predicted molar refractivity (Wildman–Crippen MR) is 231 cm³/mol. The first-order valence-corrected chi connectivity index (χ1v) is 26.4. The molecule has 1 fully saturated rings. The molecule has 0 bridgehead atoms. The van der Waals surface area contributed by atoms with Crippen molar-refractivity contribution >= 4 is 40.2 Å². The number of thiol groups is 1. The van der Waals surface area contributed by atoms with E-state index in [4.69, 9.17) is 28.3 Å². The lowest BCUT2D eigenvalue weighted by atomic mass is 9.85. The summed E-state index contributed by atoms with van der Waals surface area (Å²) in [5.41, 5.74) is 0. The molecule has 8 atom stereocenters. The Balaban J connectivity index is 2.58. The van der Waals surface area contributed by atoms with E-state index >= 15 is 0 Å². The first-order chi connectivity index (χ1) is 28.6. The highest BCUT2D eigenvalue weighted by Crippen LogP contribution is 2.48. The van der Waals surface area contributed by atoms with E-state index < -0.39 is 83.5 Å². The van der Waals surface area contributed by atoms with Crippen LogP contribution in [0.3, 0.4) is 0 Å². The molecule has 1 rings (SSSR count). The van der Waals surface area contributed by atoms with Crippen molar-refractivity contribution in [2.75, 3.05) is 19.0 Å². The minimum Gasteiger partial charge on any atom is -0.462 e. The summed E-state index contributed by atoms with van der Waals surface area (Å²) in [7, 11) is -10.6. The fraction of sp³-hybridized carbons (Fsp3) is 0.951. The topological polar surface area (TPSA) is 256 Å². The van der Waals surface area contributed by atoms with Gasteiger partial charge in [0, 0.05) is 12.8 Å². The zero-order valence-corrected chi connectivity index (χ0v) is 38.8. The van der Waals surface area contributed by atoms with Gasteiger partial charge in [0.15, 0.2) is 6.10 Å². The second kappa shape index (κ2) is 34.7. The summed E-state index contributed by atoms with van der Waals surface area (Å²) in [4.78, 5) is 53.9. The third kappa shape index (κ3) is 28.9. The summed E-state index contributed by atoms with van der Waals surface area (Å²) < 4.78 is 49.1. The molecule has 0 amide bonds. The first-order valence-electron chi connectivity index (χ1n) is 22.7. The molecule has 1 aliphatic rings. The van der Waals surface area contributed by atoms with Crippen molar-refractivity contribution in [2.45, 2.75) is 229 Å². The maximum absolute atomic E-state index is 12.9. The van der Waals surface area contributed by atoms with Gasteiger partial charge in [0.1, 0.15) is 43.2 Å². The van der Waals surface area contributed by atoms with Gasteiger partial charge in [-0.05, 0) is 25.0 Å². The molecular formula is C41H80O16P2S. The van der Waals surface area contributed by atoms with E-state index in [2.05, 4.69) is 24.1 Å². The number of phosphoric acid groups is 2. The molecule has 0 aliphatic heterocycles. The number of carbonyl (C=O) groups is 2. The standard InChI is InChI=1S/C41H80O16P2S/c1-2-3-4-5-6-7-8-10-14-17-20-23-26-29-35(43)55-33(31-53-34(42)28-25-22-19-16-13-11-9-12-15-18-21-24-27-30-60)32-54-59(51,52)57-41-38(46)36(44)40(37(45)39(41)47)56-58(48,49)50/h33,36-41,44-47,60H,2-32H2,1H3,(H,51,52)(H2,48,49,50)/t33-,36-,37+,38+,39?,40?,41?/m0/s1. The lowest BCUT2D eigenvalue weighted by Gasteiger charge is -2.43. The highest BCUT2D eigenvalue weighted by atomic mass is 32.1. The second-order valence-electron chi connectivity index (χ2n) is 16.2. The van der Waals surface area contributed by atoms with E-state index in [-0.39, 0.29) is 12.8 Å². The van der Waals surface area contributed by atoms with E-state index in [1.165, 1.54) is 103 Å². The van der Waals surface area contributed by atoms with E-state index in [1.807, 2.05) is 0 Å². The Labute approximate surface area is 364 Å². The van der Waals surface area contributed by atoms with E-state index in [0.717, 1.165) is 57.1 Å². The number of rotatable bonds is 39. The molecule has 0 heterocycles. The molecule has 0 spiro atoms. The summed E-state index contributed by atoms with van der Waals surface area (Å²) in [6.07, 6.45) is 14.8. The molecule has 0 aromatic rings. The Bertz CT molecular complexity index is 1180. The Hall–Kier alpha value is -0.650. The molecular weight excluding hydrogens is 842 g/mol. The molecule has 4 unspecified atom stereocenters. The summed E-state index contributed by atoms with van der Waals surface area (Å²) in [6.45, 7) is 0.908. The summed E-state index contributed by atoms with van der Waals surface area (Å²) in [6, 6.07) is 0. The molecule has 0 radical (unpaired) electrons. The normalized spacial score (nSPS) is 22.4. The van der Waals surface area contributed by atoms with Gasteiger partial charge in [0.25, 0.3) is 0 Å². The number of ether oxygens (including phenoxy) is 2. The minimum atomic E-state index is -5.30. The second-order valence-corrected chi connectivity index (χ2v) is 19.3. The van der Waals surface area contributed by atoms with Crippen molar-refractivity contribution in [2.24, 2.45) is 0 Å². The van der Waals surface area contributed by atoms with Gasteiger partial charge in [0.05, 0.1) is 6.61 Å². The fourth-order valence-corrected chi connectivity index (χ4v) is 8.95. The largest absolute Gasteiger partial charge is 0.472 e. The van der Waals surface area contributed by atoms with Gasteiger partial charge in [-0.15, -0.1) is 0 Å². The molecule has 0 aromatic heterocycles. The van der Waals surface area contributed by atoms with Crippen LogP contribution in [-0.2, 0) is 41.8 Å². The average molecular weight is 923 g/mol. The van der Waals surface area contributed by atoms with Crippen LogP contribution in [0, 0.1) is 0 Å².